The second kappa shape index (κ2) is 5.84. The standard InChI is InChI=1S/C15H8F3IN2O2/c16-15(17,18)14(22)20-10-4-5-12-11(7-10)21-13(23-12)8-2-1-3-9(19)6-8/h1-7H,(H,20,22). The van der Waals surface area contributed by atoms with Gasteiger partial charge in [-0.1, -0.05) is 6.07 Å². The number of rotatable bonds is 2. The van der Waals surface area contributed by atoms with Crippen molar-refractivity contribution in [3.63, 3.8) is 0 Å². The van der Waals surface area contributed by atoms with Crippen LogP contribution in [0, 0.1) is 3.57 Å². The average Bonchev–Trinajstić information content (AvgIpc) is 2.89. The van der Waals surface area contributed by atoms with Gasteiger partial charge < -0.3 is 9.73 Å². The fourth-order valence-electron chi connectivity index (χ4n) is 1.95. The fourth-order valence-corrected chi connectivity index (χ4v) is 2.50. The van der Waals surface area contributed by atoms with E-state index in [-0.39, 0.29) is 5.69 Å². The van der Waals surface area contributed by atoms with Gasteiger partial charge in [-0.05, 0) is 59.0 Å². The van der Waals surface area contributed by atoms with E-state index in [0.717, 1.165) is 9.13 Å². The molecule has 0 spiro atoms. The van der Waals surface area contributed by atoms with Crippen molar-refractivity contribution in [2.75, 3.05) is 5.32 Å². The summed E-state index contributed by atoms with van der Waals surface area (Å²) < 4.78 is 43.4. The number of oxazole rings is 1. The van der Waals surface area contributed by atoms with Gasteiger partial charge in [-0.15, -0.1) is 0 Å². The molecule has 4 nitrogen and oxygen atoms in total. The van der Waals surface area contributed by atoms with Crippen LogP contribution in [0.1, 0.15) is 0 Å². The summed E-state index contributed by atoms with van der Waals surface area (Å²) in [5.41, 5.74) is 1.54. The van der Waals surface area contributed by atoms with Crippen molar-refractivity contribution in [1.29, 1.82) is 0 Å². The third-order valence-electron chi connectivity index (χ3n) is 2.97. The molecule has 0 aliphatic carbocycles. The zero-order chi connectivity index (χ0) is 16.6. The molecule has 0 saturated carbocycles. The Balaban J connectivity index is 1.94. The summed E-state index contributed by atoms with van der Waals surface area (Å²) in [6.07, 6.45) is -4.94. The van der Waals surface area contributed by atoms with Gasteiger partial charge in [0.25, 0.3) is 0 Å². The van der Waals surface area contributed by atoms with Gasteiger partial charge in [0.15, 0.2) is 5.58 Å². The highest BCUT2D eigenvalue weighted by Crippen LogP contribution is 2.27. The molecule has 1 heterocycles. The summed E-state index contributed by atoms with van der Waals surface area (Å²) >= 11 is 2.15. The molecule has 1 aromatic heterocycles. The second-order valence-electron chi connectivity index (χ2n) is 4.66. The van der Waals surface area contributed by atoms with Crippen LogP contribution < -0.4 is 5.32 Å². The lowest BCUT2D eigenvalue weighted by atomic mass is 10.2. The lowest BCUT2D eigenvalue weighted by Crippen LogP contribution is -2.29. The van der Waals surface area contributed by atoms with Gasteiger partial charge in [-0.3, -0.25) is 4.79 Å². The van der Waals surface area contributed by atoms with Gasteiger partial charge in [-0.25, -0.2) is 4.98 Å². The first-order valence-corrected chi connectivity index (χ1v) is 7.45. The van der Waals surface area contributed by atoms with Crippen LogP contribution in [-0.2, 0) is 4.79 Å². The van der Waals surface area contributed by atoms with Crippen molar-refractivity contribution in [3.05, 3.63) is 46.0 Å². The van der Waals surface area contributed by atoms with E-state index in [0.29, 0.717) is 17.0 Å². The molecular weight excluding hydrogens is 424 g/mol. The van der Waals surface area contributed by atoms with Crippen LogP contribution in [0.3, 0.4) is 0 Å². The van der Waals surface area contributed by atoms with Crippen molar-refractivity contribution in [3.8, 4) is 11.5 Å². The molecule has 2 aromatic carbocycles. The van der Waals surface area contributed by atoms with Crippen molar-refractivity contribution < 1.29 is 22.4 Å². The highest BCUT2D eigenvalue weighted by Gasteiger charge is 2.38. The number of alkyl halides is 3. The van der Waals surface area contributed by atoms with Crippen molar-refractivity contribution in [1.82, 2.24) is 4.98 Å². The molecule has 0 radical (unpaired) electrons. The van der Waals surface area contributed by atoms with E-state index in [1.165, 1.54) is 18.2 Å². The molecule has 0 unspecified atom stereocenters. The number of anilines is 1. The van der Waals surface area contributed by atoms with E-state index in [4.69, 9.17) is 4.42 Å². The zero-order valence-electron chi connectivity index (χ0n) is 11.3. The first-order valence-electron chi connectivity index (χ1n) is 6.37. The Morgan fingerprint density at radius 3 is 2.65 bits per heavy atom. The van der Waals surface area contributed by atoms with E-state index in [1.54, 1.807) is 5.32 Å². The summed E-state index contributed by atoms with van der Waals surface area (Å²) in [6.45, 7) is 0. The Labute approximate surface area is 141 Å². The minimum Gasteiger partial charge on any atom is -0.436 e. The topological polar surface area (TPSA) is 55.1 Å². The third-order valence-corrected chi connectivity index (χ3v) is 3.65. The SMILES string of the molecule is O=C(Nc1ccc2oc(-c3cccc(I)c3)nc2c1)C(F)(F)F. The molecule has 0 atom stereocenters. The van der Waals surface area contributed by atoms with E-state index in [1.807, 2.05) is 24.3 Å². The van der Waals surface area contributed by atoms with Gasteiger partial charge in [0.2, 0.25) is 5.89 Å². The number of halogens is 4. The predicted octanol–water partition coefficient (Wildman–Crippen LogP) is 4.60. The van der Waals surface area contributed by atoms with Crippen LogP contribution in [0.25, 0.3) is 22.6 Å². The Bertz CT molecular complexity index is 890. The van der Waals surface area contributed by atoms with Gasteiger partial charge in [0.05, 0.1) is 0 Å². The zero-order valence-corrected chi connectivity index (χ0v) is 13.5. The average molecular weight is 432 g/mol. The molecule has 0 aliphatic heterocycles. The maximum absolute atomic E-state index is 12.3. The monoisotopic (exact) mass is 432 g/mol. The van der Waals surface area contributed by atoms with Crippen LogP contribution in [0.4, 0.5) is 18.9 Å². The third kappa shape index (κ3) is 3.46. The van der Waals surface area contributed by atoms with Crippen molar-refractivity contribution in [2.24, 2.45) is 0 Å². The van der Waals surface area contributed by atoms with Crippen molar-refractivity contribution in [2.45, 2.75) is 6.18 Å². The number of nitrogens with one attached hydrogen (secondary N) is 1. The number of nitrogens with zero attached hydrogens (tertiary/aromatic N) is 1. The molecule has 0 saturated heterocycles. The normalized spacial score (nSPS) is 11.7. The molecule has 3 rings (SSSR count). The highest BCUT2D eigenvalue weighted by atomic mass is 127. The van der Waals surface area contributed by atoms with Crippen molar-refractivity contribution >= 4 is 45.3 Å². The van der Waals surface area contributed by atoms with Crippen LogP contribution in [0.2, 0.25) is 0 Å². The second-order valence-corrected chi connectivity index (χ2v) is 5.91. The van der Waals surface area contributed by atoms with Gasteiger partial charge in [0.1, 0.15) is 5.52 Å². The fraction of sp³-hybridized carbons (Fsp3) is 0.0667. The van der Waals surface area contributed by atoms with E-state index >= 15 is 0 Å². The largest absolute Gasteiger partial charge is 0.471 e. The van der Waals surface area contributed by atoms with Crippen LogP contribution in [-0.4, -0.2) is 17.1 Å². The summed E-state index contributed by atoms with van der Waals surface area (Å²) in [7, 11) is 0. The first-order chi connectivity index (χ1) is 10.8. The lowest BCUT2D eigenvalue weighted by Gasteiger charge is -2.07. The maximum atomic E-state index is 12.3. The number of hydrogen-bond donors (Lipinski definition) is 1. The molecule has 8 heteroatoms. The Hall–Kier alpha value is -2.10. The van der Waals surface area contributed by atoms with Gasteiger partial charge in [0, 0.05) is 14.8 Å². The Morgan fingerprint density at radius 2 is 1.96 bits per heavy atom. The number of carbonyl (C=O) groups is 1. The number of amides is 1. The molecule has 3 aromatic rings. The lowest BCUT2D eigenvalue weighted by molar-refractivity contribution is -0.167. The summed E-state index contributed by atoms with van der Waals surface area (Å²) in [6, 6.07) is 11.6. The summed E-state index contributed by atoms with van der Waals surface area (Å²) in [5.74, 6) is -1.67. The van der Waals surface area contributed by atoms with E-state index in [2.05, 4.69) is 27.6 Å². The molecule has 0 aliphatic rings. The number of aromatic nitrogens is 1. The Kier molecular flexibility index (Phi) is 4.00. The van der Waals surface area contributed by atoms with E-state index < -0.39 is 12.1 Å². The minimum atomic E-state index is -4.94. The van der Waals surface area contributed by atoms with Crippen LogP contribution in [0.5, 0.6) is 0 Å². The Morgan fingerprint density at radius 1 is 1.17 bits per heavy atom. The van der Waals surface area contributed by atoms with Crippen LogP contribution >= 0.6 is 22.6 Å². The quantitative estimate of drug-likeness (QED) is 0.603. The molecule has 23 heavy (non-hydrogen) atoms. The number of fused-ring (bicyclic) bond motifs is 1. The van der Waals surface area contributed by atoms with Crippen LogP contribution in [0.15, 0.2) is 46.9 Å². The van der Waals surface area contributed by atoms with Gasteiger partial charge >= 0.3 is 12.1 Å². The molecule has 1 amide bonds. The molecule has 1 N–H and O–H groups in total. The molecule has 118 valence electrons. The first kappa shape index (κ1) is 15.8. The molecule has 0 bridgehead atoms. The number of carbonyl (C=O) groups excluding carboxylic acids is 1. The summed E-state index contributed by atoms with van der Waals surface area (Å²) in [4.78, 5) is 15.2. The van der Waals surface area contributed by atoms with E-state index in [9.17, 15) is 18.0 Å². The minimum absolute atomic E-state index is 0.00215. The molecular formula is C15H8F3IN2O2. The van der Waals surface area contributed by atoms with Gasteiger partial charge in [-0.2, -0.15) is 13.2 Å². The number of hydrogen-bond acceptors (Lipinski definition) is 3. The predicted molar refractivity (Wildman–Crippen MR) is 86.8 cm³/mol. The smallest absolute Gasteiger partial charge is 0.436 e. The highest BCUT2D eigenvalue weighted by molar-refractivity contribution is 14.1. The number of benzene rings is 2. The summed E-state index contributed by atoms with van der Waals surface area (Å²) in [5, 5.41) is 1.79. The molecule has 0 fully saturated rings. The maximum Gasteiger partial charge on any atom is 0.471 e.